The summed E-state index contributed by atoms with van der Waals surface area (Å²) in [5.74, 6) is 0.0951. The smallest absolute Gasteiger partial charge is 0.161 e. The van der Waals surface area contributed by atoms with Gasteiger partial charge in [-0.3, -0.25) is 9.59 Å². The van der Waals surface area contributed by atoms with E-state index in [9.17, 15) is 9.59 Å². The van der Waals surface area contributed by atoms with Crippen molar-refractivity contribution in [3.63, 3.8) is 0 Å². The van der Waals surface area contributed by atoms with E-state index in [4.69, 9.17) is 0 Å². The summed E-state index contributed by atoms with van der Waals surface area (Å²) in [7, 11) is 0. The summed E-state index contributed by atoms with van der Waals surface area (Å²) in [4.78, 5) is 25.5. The van der Waals surface area contributed by atoms with Crippen LogP contribution in [0.4, 0.5) is 0 Å². The largest absolute Gasteiger partial charge is 0.362 e. The summed E-state index contributed by atoms with van der Waals surface area (Å²) in [6, 6.07) is 0. The zero-order valence-electron chi connectivity index (χ0n) is 9.02. The third kappa shape index (κ3) is 1.92. The number of hydrogen-bond donors (Lipinski definition) is 1. The number of nitrogens with one attached hydrogen (secondary N) is 1. The van der Waals surface area contributed by atoms with E-state index < -0.39 is 0 Å². The van der Waals surface area contributed by atoms with Crippen LogP contribution in [0.1, 0.15) is 41.2 Å². The maximum absolute atomic E-state index is 11.4. The molecule has 0 bridgehead atoms. The Morgan fingerprint density at radius 2 is 1.71 bits per heavy atom. The molecule has 0 aliphatic heterocycles. The van der Waals surface area contributed by atoms with E-state index in [2.05, 4.69) is 4.98 Å². The highest BCUT2D eigenvalue weighted by Gasteiger charge is 2.16. The molecule has 0 unspecified atom stereocenters. The van der Waals surface area contributed by atoms with Crippen molar-refractivity contribution < 1.29 is 9.59 Å². The van der Waals surface area contributed by atoms with Crippen molar-refractivity contribution in [2.24, 2.45) is 0 Å². The van der Waals surface area contributed by atoms with Gasteiger partial charge in [0.2, 0.25) is 0 Å². The van der Waals surface area contributed by atoms with Crippen LogP contribution in [0.25, 0.3) is 0 Å². The second kappa shape index (κ2) is 3.78. The number of hydrogen-bond acceptors (Lipinski definition) is 2. The molecule has 0 radical (unpaired) electrons. The maximum atomic E-state index is 11.4. The molecule has 0 spiro atoms. The van der Waals surface area contributed by atoms with Gasteiger partial charge in [-0.25, -0.2) is 0 Å². The molecule has 1 heterocycles. The van der Waals surface area contributed by atoms with E-state index >= 15 is 0 Å². The summed E-state index contributed by atoms with van der Waals surface area (Å²) in [6.07, 6.45) is 0.338. The molecule has 0 saturated carbocycles. The van der Waals surface area contributed by atoms with Crippen molar-refractivity contribution in [3.8, 4) is 0 Å². The van der Waals surface area contributed by atoms with E-state index in [1.54, 1.807) is 0 Å². The Labute approximate surface area is 83.5 Å². The van der Waals surface area contributed by atoms with Gasteiger partial charge in [-0.1, -0.05) is 0 Å². The van der Waals surface area contributed by atoms with Gasteiger partial charge in [-0.15, -0.1) is 0 Å². The molecule has 0 aromatic carbocycles. The van der Waals surface area contributed by atoms with E-state index in [-0.39, 0.29) is 11.6 Å². The van der Waals surface area contributed by atoms with E-state index in [1.165, 1.54) is 13.8 Å². The Hall–Kier alpha value is -1.38. The van der Waals surface area contributed by atoms with Crippen LogP contribution >= 0.6 is 0 Å². The molecule has 0 atom stereocenters. The topological polar surface area (TPSA) is 49.9 Å². The fourth-order valence-electron chi connectivity index (χ4n) is 1.78. The summed E-state index contributed by atoms with van der Waals surface area (Å²) in [5.41, 5.74) is 3.30. The number of ketones is 2. The lowest BCUT2D eigenvalue weighted by Gasteiger charge is -2.00. The number of H-pyrrole nitrogens is 1. The molecule has 1 aromatic rings. The minimum atomic E-state index is 0.0168. The van der Waals surface area contributed by atoms with E-state index in [0.717, 1.165) is 17.0 Å². The van der Waals surface area contributed by atoms with Crippen LogP contribution < -0.4 is 0 Å². The van der Waals surface area contributed by atoms with Crippen LogP contribution in [0.2, 0.25) is 0 Å². The van der Waals surface area contributed by atoms with Gasteiger partial charge in [-0.2, -0.15) is 0 Å². The first-order valence-corrected chi connectivity index (χ1v) is 4.62. The number of carbonyl (C=O) groups is 2. The SMILES string of the molecule is CC(=O)Cc1c(C)[nH]c(C)c1C(C)=O. The molecule has 0 saturated heterocycles. The summed E-state index contributed by atoms with van der Waals surface area (Å²) >= 11 is 0. The molecule has 0 amide bonds. The molecule has 1 N–H and O–H groups in total. The average Bonchev–Trinajstić information content (AvgIpc) is 2.25. The van der Waals surface area contributed by atoms with Crippen molar-refractivity contribution in [2.45, 2.75) is 34.1 Å². The lowest BCUT2D eigenvalue weighted by molar-refractivity contribution is -0.116. The Kier molecular flexibility index (Phi) is 2.89. The van der Waals surface area contributed by atoms with Gasteiger partial charge in [0.15, 0.2) is 5.78 Å². The standard InChI is InChI=1S/C11H15NO2/c1-6(13)5-10-7(2)12-8(3)11(10)9(4)14/h12H,5H2,1-4H3. The van der Waals surface area contributed by atoms with E-state index in [1.807, 2.05) is 13.8 Å². The third-order valence-corrected chi connectivity index (χ3v) is 2.28. The summed E-state index contributed by atoms with van der Waals surface area (Å²) in [5, 5.41) is 0. The van der Waals surface area contributed by atoms with Gasteiger partial charge < -0.3 is 4.98 Å². The highest BCUT2D eigenvalue weighted by atomic mass is 16.1. The first-order chi connectivity index (χ1) is 6.43. The molecule has 3 nitrogen and oxygen atoms in total. The van der Waals surface area contributed by atoms with Crippen LogP contribution in [0.5, 0.6) is 0 Å². The van der Waals surface area contributed by atoms with Crippen LogP contribution in [0.3, 0.4) is 0 Å². The number of aromatic nitrogens is 1. The molecular formula is C11H15NO2. The molecule has 0 aliphatic carbocycles. The zero-order chi connectivity index (χ0) is 10.9. The monoisotopic (exact) mass is 193 g/mol. The first kappa shape index (κ1) is 10.7. The van der Waals surface area contributed by atoms with Crippen LogP contribution in [0.15, 0.2) is 0 Å². The minimum Gasteiger partial charge on any atom is -0.362 e. The number of aromatic amines is 1. The van der Waals surface area contributed by atoms with E-state index in [0.29, 0.717) is 12.0 Å². The Bertz CT molecular complexity index is 388. The van der Waals surface area contributed by atoms with Crippen LogP contribution in [-0.4, -0.2) is 16.6 Å². The van der Waals surface area contributed by atoms with Crippen LogP contribution in [0, 0.1) is 13.8 Å². The predicted molar refractivity (Wildman–Crippen MR) is 54.7 cm³/mol. The van der Waals surface area contributed by atoms with Crippen molar-refractivity contribution in [1.82, 2.24) is 4.98 Å². The molecule has 14 heavy (non-hydrogen) atoms. The Morgan fingerprint density at radius 3 is 2.14 bits per heavy atom. The lowest BCUT2D eigenvalue weighted by Crippen LogP contribution is -2.03. The lowest BCUT2D eigenvalue weighted by atomic mass is 10.0. The molecule has 76 valence electrons. The molecule has 1 aromatic heterocycles. The molecule has 0 fully saturated rings. The van der Waals surface area contributed by atoms with Crippen LogP contribution in [-0.2, 0) is 11.2 Å². The average molecular weight is 193 g/mol. The van der Waals surface area contributed by atoms with Gasteiger partial charge in [0.1, 0.15) is 5.78 Å². The second-order valence-corrected chi connectivity index (χ2v) is 3.66. The third-order valence-electron chi connectivity index (χ3n) is 2.28. The van der Waals surface area contributed by atoms with Gasteiger partial charge >= 0.3 is 0 Å². The van der Waals surface area contributed by atoms with Crippen molar-refractivity contribution >= 4 is 11.6 Å². The fourth-order valence-corrected chi connectivity index (χ4v) is 1.78. The second-order valence-electron chi connectivity index (χ2n) is 3.66. The van der Waals surface area contributed by atoms with Gasteiger partial charge in [0.05, 0.1) is 0 Å². The first-order valence-electron chi connectivity index (χ1n) is 4.62. The molecule has 1 rings (SSSR count). The number of aryl methyl sites for hydroxylation is 2. The summed E-state index contributed by atoms with van der Waals surface area (Å²) < 4.78 is 0. The van der Waals surface area contributed by atoms with Crippen molar-refractivity contribution in [1.29, 1.82) is 0 Å². The summed E-state index contributed by atoms with van der Waals surface area (Å²) in [6.45, 7) is 6.80. The minimum absolute atomic E-state index is 0.0168. The van der Waals surface area contributed by atoms with Gasteiger partial charge in [0, 0.05) is 23.4 Å². The molecule has 0 aliphatic rings. The van der Waals surface area contributed by atoms with Gasteiger partial charge in [0.25, 0.3) is 0 Å². The highest BCUT2D eigenvalue weighted by molar-refractivity contribution is 5.98. The number of Topliss-reactive ketones (excluding diaryl/α,β-unsaturated/α-hetero) is 2. The number of rotatable bonds is 3. The van der Waals surface area contributed by atoms with Crippen molar-refractivity contribution in [3.05, 3.63) is 22.5 Å². The normalized spacial score (nSPS) is 10.3. The van der Waals surface area contributed by atoms with Crippen molar-refractivity contribution in [2.75, 3.05) is 0 Å². The fraction of sp³-hybridized carbons (Fsp3) is 0.455. The van der Waals surface area contributed by atoms with Gasteiger partial charge in [-0.05, 0) is 33.3 Å². The molecule has 3 heteroatoms. The number of carbonyl (C=O) groups excluding carboxylic acids is 2. The molecular weight excluding hydrogens is 178 g/mol. The Balaban J connectivity index is 3.24. The zero-order valence-corrected chi connectivity index (χ0v) is 9.02. The quantitative estimate of drug-likeness (QED) is 0.746. The maximum Gasteiger partial charge on any atom is 0.161 e. The predicted octanol–water partition coefficient (Wildman–Crippen LogP) is 1.97. The Morgan fingerprint density at radius 1 is 1.14 bits per heavy atom. The highest BCUT2D eigenvalue weighted by Crippen LogP contribution is 2.19.